The average molecular weight is 281 g/mol. The number of rotatable bonds is 3. The molecular formula is C6H8IN3O2. The van der Waals surface area contributed by atoms with Gasteiger partial charge in [-0.2, -0.15) is 0 Å². The number of H-pyrrole nitrogens is 1. The third-order valence-electron chi connectivity index (χ3n) is 1.32. The zero-order valence-electron chi connectivity index (χ0n) is 6.17. The van der Waals surface area contributed by atoms with Crippen LogP contribution in [0.5, 0.6) is 0 Å². The van der Waals surface area contributed by atoms with Gasteiger partial charge >= 0.3 is 6.09 Å². The summed E-state index contributed by atoms with van der Waals surface area (Å²) >= 11 is 2.10. The maximum absolute atomic E-state index is 10.1. The van der Waals surface area contributed by atoms with Gasteiger partial charge in [-0.05, 0) is 22.6 Å². The van der Waals surface area contributed by atoms with E-state index in [0.717, 1.165) is 9.39 Å². The Morgan fingerprint density at radius 2 is 2.58 bits per heavy atom. The molecule has 66 valence electrons. The second-order valence-electron chi connectivity index (χ2n) is 2.15. The zero-order valence-corrected chi connectivity index (χ0v) is 8.33. The van der Waals surface area contributed by atoms with Gasteiger partial charge in [0.15, 0.2) is 0 Å². The van der Waals surface area contributed by atoms with E-state index in [4.69, 9.17) is 5.11 Å². The molecule has 1 amide bonds. The van der Waals surface area contributed by atoms with Gasteiger partial charge in [-0.3, -0.25) is 0 Å². The predicted octanol–water partition coefficient (Wildman–Crippen LogP) is 0.824. The summed E-state index contributed by atoms with van der Waals surface area (Å²) in [7, 11) is 0. The van der Waals surface area contributed by atoms with E-state index in [-0.39, 0.29) is 0 Å². The molecule has 0 spiro atoms. The van der Waals surface area contributed by atoms with Crippen LogP contribution >= 0.6 is 22.6 Å². The van der Waals surface area contributed by atoms with Crippen LogP contribution in [0.3, 0.4) is 0 Å². The Bertz CT molecular complexity index is 274. The average Bonchev–Trinajstić information content (AvgIpc) is 2.36. The Balaban J connectivity index is 2.33. The van der Waals surface area contributed by atoms with Gasteiger partial charge in [0.05, 0.1) is 6.33 Å². The third-order valence-corrected chi connectivity index (χ3v) is 2.25. The summed E-state index contributed by atoms with van der Waals surface area (Å²) in [6.45, 7) is 0.410. The minimum Gasteiger partial charge on any atom is -0.465 e. The first-order valence-corrected chi connectivity index (χ1v) is 4.42. The molecule has 12 heavy (non-hydrogen) atoms. The van der Waals surface area contributed by atoms with Crippen LogP contribution in [-0.4, -0.2) is 27.7 Å². The molecule has 0 aliphatic carbocycles. The van der Waals surface area contributed by atoms with Gasteiger partial charge in [0.25, 0.3) is 0 Å². The monoisotopic (exact) mass is 281 g/mol. The highest BCUT2D eigenvalue weighted by Crippen LogP contribution is 2.05. The number of aromatic nitrogens is 2. The van der Waals surface area contributed by atoms with Crippen molar-refractivity contribution in [2.75, 3.05) is 6.54 Å². The van der Waals surface area contributed by atoms with Crippen LogP contribution in [0.25, 0.3) is 0 Å². The molecule has 5 nitrogen and oxygen atoms in total. The molecule has 0 bridgehead atoms. The molecule has 0 unspecified atom stereocenters. The molecule has 0 atom stereocenters. The smallest absolute Gasteiger partial charge is 0.404 e. The first kappa shape index (κ1) is 9.30. The summed E-state index contributed by atoms with van der Waals surface area (Å²) in [5, 5.41) is 10.5. The van der Waals surface area contributed by atoms with Gasteiger partial charge in [-0.25, -0.2) is 9.78 Å². The molecule has 6 heteroatoms. The maximum atomic E-state index is 10.1. The minimum absolute atomic E-state index is 0.410. The van der Waals surface area contributed by atoms with Crippen LogP contribution in [0.2, 0.25) is 0 Å². The number of amides is 1. The van der Waals surface area contributed by atoms with Crippen molar-refractivity contribution in [1.82, 2.24) is 15.3 Å². The van der Waals surface area contributed by atoms with Crippen LogP contribution in [0.1, 0.15) is 5.69 Å². The van der Waals surface area contributed by atoms with E-state index in [9.17, 15) is 4.79 Å². The molecule has 0 fully saturated rings. The second kappa shape index (κ2) is 4.29. The number of nitrogens with one attached hydrogen (secondary N) is 2. The number of hydrogen-bond acceptors (Lipinski definition) is 2. The van der Waals surface area contributed by atoms with Crippen molar-refractivity contribution in [1.29, 1.82) is 0 Å². The molecule has 1 aromatic rings. The van der Waals surface area contributed by atoms with Crippen molar-refractivity contribution in [3.05, 3.63) is 15.7 Å². The van der Waals surface area contributed by atoms with Gasteiger partial charge in [0.2, 0.25) is 0 Å². The van der Waals surface area contributed by atoms with Gasteiger partial charge in [-0.1, -0.05) is 0 Å². The van der Waals surface area contributed by atoms with Crippen molar-refractivity contribution in [2.45, 2.75) is 6.42 Å². The summed E-state index contributed by atoms with van der Waals surface area (Å²) in [5.41, 5.74) is 0.962. The summed E-state index contributed by atoms with van der Waals surface area (Å²) in [6.07, 6.45) is 1.24. The molecule has 0 radical (unpaired) electrons. The van der Waals surface area contributed by atoms with Gasteiger partial charge < -0.3 is 15.4 Å². The maximum Gasteiger partial charge on any atom is 0.404 e. The van der Waals surface area contributed by atoms with E-state index < -0.39 is 6.09 Å². The fraction of sp³-hybridized carbons (Fsp3) is 0.333. The number of aromatic amines is 1. The fourth-order valence-electron chi connectivity index (χ4n) is 0.774. The van der Waals surface area contributed by atoms with E-state index in [1.807, 2.05) is 0 Å². The molecule has 3 N–H and O–H groups in total. The normalized spacial score (nSPS) is 9.75. The first-order chi connectivity index (χ1) is 5.70. The van der Waals surface area contributed by atoms with Crippen LogP contribution in [-0.2, 0) is 6.42 Å². The molecule has 1 heterocycles. The second-order valence-corrected chi connectivity index (χ2v) is 3.18. The number of carbonyl (C=O) groups is 1. The van der Waals surface area contributed by atoms with E-state index in [1.54, 1.807) is 6.33 Å². The highest BCUT2D eigenvalue weighted by molar-refractivity contribution is 14.1. The Hall–Kier alpha value is -0.790. The molecular weight excluding hydrogens is 273 g/mol. The largest absolute Gasteiger partial charge is 0.465 e. The first-order valence-electron chi connectivity index (χ1n) is 3.34. The van der Waals surface area contributed by atoms with Crippen molar-refractivity contribution >= 4 is 28.7 Å². The lowest BCUT2D eigenvalue weighted by Crippen LogP contribution is -2.23. The molecule has 0 aromatic carbocycles. The molecule has 1 aromatic heterocycles. The summed E-state index contributed by atoms with van der Waals surface area (Å²) in [5.74, 6) is 0. The van der Waals surface area contributed by atoms with Crippen LogP contribution in [0.4, 0.5) is 4.79 Å². The topological polar surface area (TPSA) is 78.0 Å². The van der Waals surface area contributed by atoms with Crippen LogP contribution < -0.4 is 5.32 Å². The SMILES string of the molecule is O=C(O)NCCc1[nH]cnc1I. The number of carboxylic acid groups (broad SMARTS) is 1. The van der Waals surface area contributed by atoms with Crippen molar-refractivity contribution < 1.29 is 9.90 Å². The molecule has 0 saturated carbocycles. The quantitative estimate of drug-likeness (QED) is 0.718. The van der Waals surface area contributed by atoms with Crippen LogP contribution in [0.15, 0.2) is 6.33 Å². The lowest BCUT2D eigenvalue weighted by Gasteiger charge is -1.98. The third kappa shape index (κ3) is 2.68. The Morgan fingerprint density at radius 3 is 3.08 bits per heavy atom. The standard InChI is InChI=1S/C6H8IN3O2/c7-5-4(9-3-10-5)1-2-8-6(11)12/h3,8H,1-2H2,(H,9,10)(H,11,12). The van der Waals surface area contributed by atoms with E-state index in [2.05, 4.69) is 37.9 Å². The van der Waals surface area contributed by atoms with Crippen molar-refractivity contribution in [2.24, 2.45) is 0 Å². The Kier molecular flexibility index (Phi) is 3.32. The highest BCUT2D eigenvalue weighted by atomic mass is 127. The number of hydrogen-bond donors (Lipinski definition) is 3. The van der Waals surface area contributed by atoms with Gasteiger partial charge in [0.1, 0.15) is 3.70 Å². The lowest BCUT2D eigenvalue weighted by molar-refractivity contribution is 0.194. The summed E-state index contributed by atoms with van der Waals surface area (Å²) < 4.78 is 0.889. The van der Waals surface area contributed by atoms with Crippen molar-refractivity contribution in [3.63, 3.8) is 0 Å². The Labute approximate surface area is 82.7 Å². The van der Waals surface area contributed by atoms with E-state index in [1.165, 1.54) is 0 Å². The Morgan fingerprint density at radius 1 is 1.83 bits per heavy atom. The number of nitrogens with zero attached hydrogens (tertiary/aromatic N) is 1. The van der Waals surface area contributed by atoms with E-state index >= 15 is 0 Å². The summed E-state index contributed by atoms with van der Waals surface area (Å²) in [4.78, 5) is 17.0. The van der Waals surface area contributed by atoms with Crippen molar-refractivity contribution in [3.8, 4) is 0 Å². The number of halogens is 1. The molecule has 0 aliphatic heterocycles. The predicted molar refractivity (Wildman–Crippen MR) is 51.0 cm³/mol. The van der Waals surface area contributed by atoms with Gasteiger partial charge in [0, 0.05) is 18.7 Å². The fourth-order valence-corrected chi connectivity index (χ4v) is 1.34. The lowest BCUT2D eigenvalue weighted by atomic mass is 10.3. The van der Waals surface area contributed by atoms with Gasteiger partial charge in [-0.15, -0.1) is 0 Å². The molecule has 0 aliphatic rings. The zero-order chi connectivity index (χ0) is 8.97. The molecule has 0 saturated heterocycles. The van der Waals surface area contributed by atoms with Crippen LogP contribution in [0, 0.1) is 3.70 Å². The summed E-state index contributed by atoms with van der Waals surface area (Å²) in [6, 6.07) is 0. The number of imidazole rings is 1. The van der Waals surface area contributed by atoms with E-state index in [0.29, 0.717) is 13.0 Å². The minimum atomic E-state index is -0.996. The highest BCUT2D eigenvalue weighted by Gasteiger charge is 2.01. The molecule has 1 rings (SSSR count).